The van der Waals surface area contributed by atoms with Gasteiger partial charge in [0, 0.05) is 11.9 Å². The highest BCUT2D eigenvalue weighted by atomic mass is 32.2. The Labute approximate surface area is 92.6 Å². The fraction of sp³-hybridized carbons (Fsp3) is 0.111. The van der Waals surface area contributed by atoms with Gasteiger partial charge in [-0.2, -0.15) is 8.42 Å². The van der Waals surface area contributed by atoms with Gasteiger partial charge in [-0.05, 0) is 24.3 Å². The summed E-state index contributed by atoms with van der Waals surface area (Å²) >= 11 is 0. The van der Waals surface area contributed by atoms with Crippen LogP contribution in [0.2, 0.25) is 0 Å². The van der Waals surface area contributed by atoms with Crippen LogP contribution in [0.25, 0.3) is 0 Å². The van der Waals surface area contributed by atoms with Crippen LogP contribution in [0, 0.1) is 5.41 Å². The van der Waals surface area contributed by atoms with Crippen molar-refractivity contribution in [2.75, 3.05) is 5.32 Å². The average Bonchev–Trinajstić information content (AvgIpc) is 2.17. The Bertz CT molecular complexity index is 493. The Morgan fingerprint density at radius 1 is 1.38 bits per heavy atom. The van der Waals surface area contributed by atoms with Crippen LogP contribution in [0.3, 0.4) is 0 Å². The molecule has 3 N–H and O–H groups in total. The molecule has 1 amide bonds. The third-order valence-electron chi connectivity index (χ3n) is 1.72. The number of amides is 1. The van der Waals surface area contributed by atoms with E-state index >= 15 is 0 Å². The lowest BCUT2D eigenvalue weighted by Crippen LogP contribution is -2.11. The summed E-state index contributed by atoms with van der Waals surface area (Å²) < 4.78 is 30.1. The third-order valence-corrected chi connectivity index (χ3v) is 2.59. The van der Waals surface area contributed by atoms with Gasteiger partial charge < -0.3 is 10.7 Å². The van der Waals surface area contributed by atoms with Crippen LogP contribution in [0.1, 0.15) is 6.42 Å². The van der Waals surface area contributed by atoms with Crippen molar-refractivity contribution in [3.63, 3.8) is 0 Å². The highest BCUT2D eigenvalue weighted by molar-refractivity contribution is 7.85. The van der Waals surface area contributed by atoms with E-state index in [-0.39, 0.29) is 17.2 Å². The first-order chi connectivity index (χ1) is 7.43. The molecule has 0 heterocycles. The van der Waals surface area contributed by atoms with E-state index in [1.807, 2.05) is 0 Å². The van der Waals surface area contributed by atoms with Crippen LogP contribution in [-0.2, 0) is 14.9 Å². The molecule has 6 nitrogen and oxygen atoms in total. The van der Waals surface area contributed by atoms with Gasteiger partial charge in [0.05, 0.1) is 11.3 Å². The summed E-state index contributed by atoms with van der Waals surface area (Å²) in [5.41, 5.74) is 0.402. The zero-order valence-corrected chi connectivity index (χ0v) is 8.99. The minimum atomic E-state index is -4.21. The molecule has 16 heavy (non-hydrogen) atoms. The van der Waals surface area contributed by atoms with Gasteiger partial charge in [-0.25, -0.2) is 0 Å². The molecule has 86 valence electrons. The molecule has 0 spiro atoms. The predicted molar refractivity (Wildman–Crippen MR) is 58.3 cm³/mol. The maximum atomic E-state index is 11.1. The number of hydrogen-bond acceptors (Lipinski definition) is 4. The zero-order valence-electron chi connectivity index (χ0n) is 8.17. The maximum Gasteiger partial charge on any atom is 0.294 e. The highest BCUT2D eigenvalue weighted by Gasteiger charge is 2.08. The number of rotatable bonds is 4. The van der Waals surface area contributed by atoms with Crippen molar-refractivity contribution in [2.24, 2.45) is 0 Å². The van der Waals surface area contributed by atoms with E-state index in [1.54, 1.807) is 0 Å². The van der Waals surface area contributed by atoms with Gasteiger partial charge in [-0.1, -0.05) is 0 Å². The van der Waals surface area contributed by atoms with Gasteiger partial charge >= 0.3 is 0 Å². The van der Waals surface area contributed by atoms with Crippen molar-refractivity contribution in [3.8, 4) is 0 Å². The van der Waals surface area contributed by atoms with E-state index in [0.717, 1.165) is 6.21 Å². The van der Waals surface area contributed by atoms with Crippen LogP contribution >= 0.6 is 0 Å². The number of carbonyl (C=O) groups is 1. The molecule has 1 aromatic carbocycles. The molecule has 0 saturated carbocycles. The second-order valence-corrected chi connectivity index (χ2v) is 4.38. The first kappa shape index (κ1) is 12.3. The summed E-state index contributed by atoms with van der Waals surface area (Å²) in [4.78, 5) is 10.8. The SMILES string of the molecule is N=CCC(=O)Nc1ccc(S(=O)(=O)O)cc1. The lowest BCUT2D eigenvalue weighted by molar-refractivity contribution is -0.115. The molecular weight excluding hydrogens is 232 g/mol. The third kappa shape index (κ3) is 3.44. The molecular formula is C9H10N2O4S. The smallest absolute Gasteiger partial charge is 0.294 e. The molecule has 1 rings (SSSR count). The molecule has 7 heteroatoms. The number of anilines is 1. The van der Waals surface area contributed by atoms with Crippen molar-refractivity contribution in [3.05, 3.63) is 24.3 Å². The number of hydrogen-bond donors (Lipinski definition) is 3. The summed E-state index contributed by atoms with van der Waals surface area (Å²) in [6, 6.07) is 5.06. The second-order valence-electron chi connectivity index (χ2n) is 2.96. The van der Waals surface area contributed by atoms with E-state index < -0.39 is 10.1 Å². The summed E-state index contributed by atoms with van der Waals surface area (Å²) in [5.74, 6) is -0.366. The van der Waals surface area contributed by atoms with Crippen LogP contribution in [-0.4, -0.2) is 25.1 Å². The van der Waals surface area contributed by atoms with E-state index in [0.29, 0.717) is 5.69 Å². The second kappa shape index (κ2) is 4.86. The molecule has 0 unspecified atom stereocenters. The van der Waals surface area contributed by atoms with Gasteiger partial charge in [-0.3, -0.25) is 9.35 Å². The summed E-state index contributed by atoms with van der Waals surface area (Å²) in [7, 11) is -4.21. The first-order valence-corrected chi connectivity index (χ1v) is 5.74. The van der Waals surface area contributed by atoms with E-state index in [2.05, 4.69) is 5.32 Å². The van der Waals surface area contributed by atoms with Gasteiger partial charge in [0.25, 0.3) is 10.1 Å². The Kier molecular flexibility index (Phi) is 3.75. The molecule has 0 aliphatic rings. The van der Waals surface area contributed by atoms with Crippen LogP contribution in [0.15, 0.2) is 29.2 Å². The minimum absolute atomic E-state index is 0.0416. The number of benzene rings is 1. The number of nitrogens with one attached hydrogen (secondary N) is 2. The van der Waals surface area contributed by atoms with E-state index in [4.69, 9.17) is 9.96 Å². The van der Waals surface area contributed by atoms with Crippen LogP contribution < -0.4 is 5.32 Å². The molecule has 1 aromatic rings. The van der Waals surface area contributed by atoms with Crippen LogP contribution in [0.4, 0.5) is 5.69 Å². The molecule has 0 bridgehead atoms. The average molecular weight is 242 g/mol. The molecule has 0 aliphatic heterocycles. The zero-order chi connectivity index (χ0) is 12.2. The van der Waals surface area contributed by atoms with Crippen molar-refractivity contribution in [1.82, 2.24) is 0 Å². The molecule has 0 fully saturated rings. The van der Waals surface area contributed by atoms with Gasteiger partial charge in [0.1, 0.15) is 0 Å². The Morgan fingerprint density at radius 2 is 1.94 bits per heavy atom. The molecule has 0 aliphatic carbocycles. The first-order valence-electron chi connectivity index (χ1n) is 4.30. The minimum Gasteiger partial charge on any atom is -0.326 e. The lowest BCUT2D eigenvalue weighted by atomic mass is 10.3. The largest absolute Gasteiger partial charge is 0.326 e. The van der Waals surface area contributed by atoms with Gasteiger partial charge in [-0.15, -0.1) is 0 Å². The summed E-state index contributed by atoms with van der Waals surface area (Å²) in [5, 5.41) is 9.17. The number of carbonyl (C=O) groups excluding carboxylic acids is 1. The molecule has 0 radical (unpaired) electrons. The standard InChI is InChI=1S/C9H10N2O4S/c10-6-5-9(12)11-7-1-3-8(4-2-7)16(13,14)15/h1-4,6,10H,5H2,(H,11,12)(H,13,14,15). The van der Waals surface area contributed by atoms with Crippen molar-refractivity contribution in [2.45, 2.75) is 11.3 Å². The molecule has 0 saturated heterocycles. The normalized spacial score (nSPS) is 10.8. The van der Waals surface area contributed by atoms with Gasteiger partial charge in [0.15, 0.2) is 0 Å². The Balaban J connectivity index is 2.80. The summed E-state index contributed by atoms with van der Waals surface area (Å²) in [6.07, 6.45) is 0.919. The maximum absolute atomic E-state index is 11.1. The Hall–Kier alpha value is -1.73. The predicted octanol–water partition coefficient (Wildman–Crippen LogP) is 0.911. The molecule has 0 atom stereocenters. The van der Waals surface area contributed by atoms with Gasteiger partial charge in [0.2, 0.25) is 5.91 Å². The van der Waals surface area contributed by atoms with Crippen LogP contribution in [0.5, 0.6) is 0 Å². The lowest BCUT2D eigenvalue weighted by Gasteiger charge is -2.03. The van der Waals surface area contributed by atoms with Crippen molar-refractivity contribution in [1.29, 1.82) is 5.41 Å². The highest BCUT2D eigenvalue weighted by Crippen LogP contribution is 2.13. The fourth-order valence-electron chi connectivity index (χ4n) is 1.01. The van der Waals surface area contributed by atoms with E-state index in [9.17, 15) is 13.2 Å². The topological polar surface area (TPSA) is 107 Å². The van der Waals surface area contributed by atoms with E-state index in [1.165, 1.54) is 24.3 Å². The molecule has 0 aromatic heterocycles. The monoisotopic (exact) mass is 242 g/mol. The van der Waals surface area contributed by atoms with Crippen molar-refractivity contribution < 1.29 is 17.8 Å². The fourth-order valence-corrected chi connectivity index (χ4v) is 1.49. The summed E-state index contributed by atoms with van der Waals surface area (Å²) in [6.45, 7) is 0. The van der Waals surface area contributed by atoms with Crippen molar-refractivity contribution >= 4 is 27.9 Å². The quantitative estimate of drug-likeness (QED) is 0.538. The Morgan fingerprint density at radius 3 is 2.38 bits per heavy atom.